The Bertz CT molecular complexity index is 1530. The van der Waals surface area contributed by atoms with E-state index in [9.17, 15) is 4.79 Å². The summed E-state index contributed by atoms with van der Waals surface area (Å²) in [6.45, 7) is 6.78. The van der Waals surface area contributed by atoms with Gasteiger partial charge in [0.25, 0.3) is 5.91 Å². The van der Waals surface area contributed by atoms with E-state index in [4.69, 9.17) is 9.21 Å². The first-order chi connectivity index (χ1) is 19.5. The van der Waals surface area contributed by atoms with Crippen LogP contribution < -0.4 is 10.2 Å². The Morgan fingerprint density at radius 1 is 1.08 bits per heavy atom. The van der Waals surface area contributed by atoms with Crippen LogP contribution in [0.2, 0.25) is 0 Å². The zero-order valence-corrected chi connectivity index (χ0v) is 22.5. The van der Waals surface area contributed by atoms with Crippen LogP contribution in [0.4, 0.5) is 5.69 Å². The summed E-state index contributed by atoms with van der Waals surface area (Å²) in [7, 11) is 1.89. The number of aromatic nitrogens is 4. The molecule has 0 aliphatic carbocycles. The van der Waals surface area contributed by atoms with Crippen LogP contribution in [0.15, 0.2) is 61.1 Å². The number of nitrogens with zero attached hydrogens (tertiary/aromatic N) is 6. The van der Waals surface area contributed by atoms with Crippen molar-refractivity contribution in [2.45, 2.75) is 33.4 Å². The molecule has 3 heterocycles. The van der Waals surface area contributed by atoms with Crippen LogP contribution in [-0.4, -0.2) is 63.5 Å². The first kappa shape index (κ1) is 22.1. The van der Waals surface area contributed by atoms with Gasteiger partial charge in [0.1, 0.15) is 0 Å². The molecule has 198 valence electrons. The van der Waals surface area contributed by atoms with Crippen LogP contribution in [0.1, 0.15) is 45.5 Å². The van der Waals surface area contributed by atoms with E-state index in [2.05, 4.69) is 40.4 Å². The van der Waals surface area contributed by atoms with Crippen molar-refractivity contribution in [3.05, 3.63) is 77.7 Å². The molecule has 5 rings (SSSR count). The Morgan fingerprint density at radius 2 is 1.87 bits per heavy atom. The fraction of sp³-hybridized carbons (Fsp3) is 0.367. The van der Waals surface area contributed by atoms with Crippen molar-refractivity contribution in [2.75, 3.05) is 38.1 Å². The topological polar surface area (TPSA) is 71.2 Å². The molecule has 1 aliphatic rings. The van der Waals surface area contributed by atoms with E-state index in [0.717, 1.165) is 45.7 Å². The quantitative estimate of drug-likeness (QED) is 0.393. The number of hydrogen-bond donors (Lipinski definition) is 1. The van der Waals surface area contributed by atoms with Crippen molar-refractivity contribution < 1.29 is 8.91 Å². The number of amides is 1. The molecule has 38 heavy (non-hydrogen) atoms. The molecule has 1 fully saturated rings. The predicted molar refractivity (Wildman–Crippen MR) is 152 cm³/mol. The number of carbonyl (C=O) groups excluding carboxylic acids is 1. The molecule has 0 saturated carbocycles. The largest absolute Gasteiger partial charge is 0.369 e. The molecule has 0 unspecified atom stereocenters. The molecule has 0 spiro atoms. The van der Waals surface area contributed by atoms with Gasteiger partial charge in [-0.2, -0.15) is 10.2 Å². The lowest BCUT2D eigenvalue weighted by Crippen LogP contribution is -2.44. The van der Waals surface area contributed by atoms with E-state index >= 15 is 0 Å². The molecule has 0 bridgehead atoms. The number of piperazine rings is 1. The second-order valence-electron chi connectivity index (χ2n) is 9.97. The van der Waals surface area contributed by atoms with E-state index in [1.807, 2.05) is 68.4 Å². The Balaban J connectivity index is 1.38. The van der Waals surface area contributed by atoms with Gasteiger partial charge in [-0.05, 0) is 80.8 Å². The van der Waals surface area contributed by atoms with Crippen LogP contribution in [0.25, 0.3) is 22.4 Å². The lowest BCUT2D eigenvalue weighted by atomic mass is 9.96. The molecule has 1 saturated heterocycles. The normalized spacial score (nSPS) is 16.5. The molecular weight excluding hydrogens is 474 g/mol. The van der Waals surface area contributed by atoms with Gasteiger partial charge in [0.2, 0.25) is 0 Å². The summed E-state index contributed by atoms with van der Waals surface area (Å²) in [5.74, 6) is -0.151. The molecule has 1 aliphatic heterocycles. The van der Waals surface area contributed by atoms with Crippen LogP contribution in [0, 0.1) is 6.92 Å². The average Bonchev–Trinajstić information content (AvgIpc) is 3.62. The Kier molecular flexibility index (Phi) is 6.30. The fourth-order valence-electron chi connectivity index (χ4n) is 4.85. The summed E-state index contributed by atoms with van der Waals surface area (Å²) in [4.78, 5) is 17.2. The van der Waals surface area contributed by atoms with E-state index < -0.39 is 6.98 Å². The number of benzene rings is 2. The van der Waals surface area contributed by atoms with Crippen molar-refractivity contribution in [3.63, 3.8) is 0 Å². The maximum absolute atomic E-state index is 13.6. The number of nitrogens with one attached hydrogen (secondary N) is 1. The molecule has 1 N–H and O–H groups in total. The number of hydrogen-bond acceptors (Lipinski definition) is 5. The Labute approximate surface area is 229 Å². The lowest BCUT2D eigenvalue weighted by molar-refractivity contribution is 0.0939. The Hall–Kier alpha value is -3.91. The molecular formula is C30H37N7O. The summed E-state index contributed by atoms with van der Waals surface area (Å²) in [5, 5.41) is 12.2. The van der Waals surface area contributed by atoms with E-state index in [1.165, 1.54) is 4.90 Å². The lowest BCUT2D eigenvalue weighted by Gasteiger charge is -2.34. The minimum absolute atomic E-state index is 0.151. The molecule has 2 aromatic heterocycles. The van der Waals surface area contributed by atoms with Crippen molar-refractivity contribution in [1.29, 1.82) is 0 Å². The second-order valence-corrected chi connectivity index (χ2v) is 9.97. The third-order valence-corrected chi connectivity index (χ3v) is 7.21. The maximum Gasteiger partial charge on any atom is 0.252 e. The highest BCUT2D eigenvalue weighted by Gasteiger charge is 2.19. The monoisotopic (exact) mass is 514 g/mol. The number of carbonyl (C=O) groups is 1. The summed E-state index contributed by atoms with van der Waals surface area (Å²) in [6.07, 6.45) is 5.78. The number of anilines is 1. The van der Waals surface area contributed by atoms with Gasteiger partial charge in [-0.15, -0.1) is 0 Å². The molecule has 0 radical (unpaired) electrons. The van der Waals surface area contributed by atoms with E-state index in [1.54, 1.807) is 4.68 Å². The zero-order valence-electron chi connectivity index (χ0n) is 25.5. The number of likely N-dealkylation sites (N-methyl/N-ethyl adjacent to an activating group) is 1. The van der Waals surface area contributed by atoms with Gasteiger partial charge in [0.15, 0.2) is 0 Å². The second kappa shape index (κ2) is 10.8. The zero-order chi connectivity index (χ0) is 29.3. The van der Waals surface area contributed by atoms with Gasteiger partial charge in [-0.25, -0.2) is 0 Å². The first-order valence-corrected chi connectivity index (χ1v) is 13.1. The molecule has 1 amide bonds. The summed E-state index contributed by atoms with van der Waals surface area (Å²) in [5.41, 5.74) is 7.23. The third kappa shape index (κ3) is 5.50. The molecule has 1 atom stereocenters. The van der Waals surface area contributed by atoms with Crippen LogP contribution in [-0.2, 0) is 13.6 Å². The van der Waals surface area contributed by atoms with E-state index in [0.29, 0.717) is 31.7 Å². The molecule has 8 heteroatoms. The van der Waals surface area contributed by atoms with Gasteiger partial charge >= 0.3 is 0 Å². The van der Waals surface area contributed by atoms with Crippen molar-refractivity contribution in [1.82, 2.24) is 29.8 Å². The van der Waals surface area contributed by atoms with Gasteiger partial charge in [-0.3, -0.25) is 14.2 Å². The maximum atomic E-state index is 13.6. The fourth-order valence-corrected chi connectivity index (χ4v) is 4.85. The smallest absolute Gasteiger partial charge is 0.252 e. The van der Waals surface area contributed by atoms with Crippen LogP contribution >= 0.6 is 0 Å². The summed E-state index contributed by atoms with van der Waals surface area (Å²) >= 11 is 0. The minimum atomic E-state index is -2.08. The molecule has 2 aromatic carbocycles. The number of aryl methyl sites for hydroxylation is 3. The SMILES string of the molecule is [2H]C([2H])([2H])N1CCN(c2ccc(C)c(C(=O)N[C@H](C)c3cc(-c4cnn(C)c4)cc(-c4ccn(CC)n4)c3)c2)CC1. The third-order valence-electron chi connectivity index (χ3n) is 7.21. The van der Waals surface area contributed by atoms with Crippen molar-refractivity contribution >= 4 is 11.6 Å². The predicted octanol–water partition coefficient (Wildman–Crippen LogP) is 4.52. The summed E-state index contributed by atoms with van der Waals surface area (Å²) in [6, 6.07) is 13.9. The van der Waals surface area contributed by atoms with Crippen LogP contribution in [0.3, 0.4) is 0 Å². The number of rotatable bonds is 7. The average molecular weight is 515 g/mol. The van der Waals surface area contributed by atoms with Gasteiger partial charge in [-0.1, -0.05) is 6.07 Å². The Morgan fingerprint density at radius 3 is 2.55 bits per heavy atom. The highest BCUT2D eigenvalue weighted by Crippen LogP contribution is 2.30. The highest BCUT2D eigenvalue weighted by molar-refractivity contribution is 5.97. The standard InChI is InChI=1S/C30H37N7O/c1-6-37-10-9-29(33-37)25-16-23(15-24(17-25)26-19-31-35(5)20-26)22(3)32-30(38)28-18-27(8-7-21(28)2)36-13-11-34(4)12-14-36/h7-10,15-20,22H,6,11-14H2,1-5H3,(H,32,38)/t22-/m1/s1/i4D3. The van der Waals surface area contributed by atoms with Gasteiger partial charge in [0.05, 0.1) is 17.9 Å². The minimum Gasteiger partial charge on any atom is -0.369 e. The van der Waals surface area contributed by atoms with Gasteiger partial charge < -0.3 is 15.1 Å². The van der Waals surface area contributed by atoms with E-state index in [-0.39, 0.29) is 11.9 Å². The van der Waals surface area contributed by atoms with Crippen LogP contribution in [0.5, 0.6) is 0 Å². The summed E-state index contributed by atoms with van der Waals surface area (Å²) < 4.78 is 26.7. The van der Waals surface area contributed by atoms with Crippen molar-refractivity contribution in [2.24, 2.45) is 7.05 Å². The molecule has 8 nitrogen and oxygen atoms in total. The molecule has 4 aromatic rings. The van der Waals surface area contributed by atoms with Crippen molar-refractivity contribution in [3.8, 4) is 22.4 Å². The van der Waals surface area contributed by atoms with Gasteiger partial charge in [0, 0.05) is 78.7 Å². The highest BCUT2D eigenvalue weighted by atomic mass is 16.1. The first-order valence-electron chi connectivity index (χ1n) is 14.6.